The van der Waals surface area contributed by atoms with Crippen molar-refractivity contribution in [2.75, 3.05) is 5.73 Å². The number of pyridine rings is 1. The summed E-state index contributed by atoms with van der Waals surface area (Å²) in [5.74, 6) is 0.676. The summed E-state index contributed by atoms with van der Waals surface area (Å²) < 4.78 is 11.6. The van der Waals surface area contributed by atoms with Gasteiger partial charge in [0.25, 0.3) is 0 Å². The quantitative estimate of drug-likeness (QED) is 0.906. The summed E-state index contributed by atoms with van der Waals surface area (Å²) in [5, 5.41) is 0. The number of anilines is 1. The second-order valence-corrected chi connectivity index (χ2v) is 7.40. The van der Waals surface area contributed by atoms with E-state index >= 15 is 0 Å². The number of aromatic nitrogens is 1. The van der Waals surface area contributed by atoms with Crippen molar-refractivity contribution in [3.8, 4) is 5.75 Å². The Morgan fingerprint density at radius 1 is 1.30 bits per heavy atom. The first-order chi connectivity index (χ1) is 10.8. The van der Waals surface area contributed by atoms with Gasteiger partial charge in [0, 0.05) is 37.2 Å². The normalized spacial score (nSPS) is 26.9. The summed E-state index contributed by atoms with van der Waals surface area (Å²) in [6, 6.07) is 2.17. The molecule has 6 nitrogen and oxygen atoms in total. The number of carbonyl (C=O) groups excluding carboxylic acids is 1. The molecule has 3 heterocycles. The predicted octanol–water partition coefficient (Wildman–Crippen LogP) is 2.97. The number of fused-ring (bicyclic) bond motifs is 2. The molecule has 0 radical (unpaired) electrons. The second-order valence-electron chi connectivity index (χ2n) is 7.40. The van der Waals surface area contributed by atoms with E-state index in [1.54, 1.807) is 18.5 Å². The van der Waals surface area contributed by atoms with Gasteiger partial charge in [-0.15, -0.1) is 0 Å². The average molecular weight is 319 g/mol. The molecule has 2 fully saturated rings. The van der Waals surface area contributed by atoms with E-state index in [0.717, 1.165) is 25.7 Å². The summed E-state index contributed by atoms with van der Waals surface area (Å²) in [6.07, 6.45) is 6.80. The maximum absolute atomic E-state index is 12.4. The lowest BCUT2D eigenvalue weighted by molar-refractivity contribution is -0.00700. The maximum atomic E-state index is 12.4. The van der Waals surface area contributed by atoms with Gasteiger partial charge < -0.3 is 20.1 Å². The van der Waals surface area contributed by atoms with E-state index in [0.29, 0.717) is 11.4 Å². The van der Waals surface area contributed by atoms with Crippen molar-refractivity contribution in [2.45, 2.75) is 70.2 Å². The summed E-state index contributed by atoms with van der Waals surface area (Å²) >= 11 is 0. The number of rotatable bonds is 2. The van der Waals surface area contributed by atoms with Crippen LogP contribution in [0.15, 0.2) is 18.5 Å². The summed E-state index contributed by atoms with van der Waals surface area (Å²) in [6.45, 7) is 5.69. The Labute approximate surface area is 137 Å². The number of nitrogens with zero attached hydrogens (tertiary/aromatic N) is 2. The van der Waals surface area contributed by atoms with Crippen LogP contribution in [0.4, 0.5) is 10.5 Å². The van der Waals surface area contributed by atoms with Gasteiger partial charge in [0.15, 0.2) is 0 Å². The molecule has 0 aliphatic carbocycles. The highest BCUT2D eigenvalue weighted by atomic mass is 16.6. The van der Waals surface area contributed by atoms with Gasteiger partial charge in [-0.05, 0) is 33.6 Å². The molecule has 2 aliphatic rings. The molecule has 0 spiro atoms. The van der Waals surface area contributed by atoms with Crippen LogP contribution in [0.25, 0.3) is 0 Å². The first-order valence-corrected chi connectivity index (χ1v) is 8.21. The van der Waals surface area contributed by atoms with E-state index in [1.807, 2.05) is 25.7 Å². The van der Waals surface area contributed by atoms with E-state index in [4.69, 9.17) is 15.2 Å². The van der Waals surface area contributed by atoms with Crippen LogP contribution in [0, 0.1) is 0 Å². The molecule has 2 atom stereocenters. The predicted molar refractivity (Wildman–Crippen MR) is 87.2 cm³/mol. The lowest BCUT2D eigenvalue weighted by atomic mass is 10.00. The standard InChI is InChI=1S/C17H25N3O3/c1-17(2,3)23-16(21)20-11-4-5-12(20)9-13(8-11)22-15-6-7-19-10-14(15)18/h6-7,10-13H,4-5,8-9,18H2,1-3H3. The summed E-state index contributed by atoms with van der Waals surface area (Å²) in [5.41, 5.74) is 5.98. The fourth-order valence-electron chi connectivity index (χ4n) is 3.52. The van der Waals surface area contributed by atoms with Gasteiger partial charge in [0.1, 0.15) is 17.5 Å². The molecule has 2 aliphatic heterocycles. The van der Waals surface area contributed by atoms with Crippen molar-refractivity contribution in [2.24, 2.45) is 0 Å². The molecular formula is C17H25N3O3. The number of ether oxygens (including phenoxy) is 2. The minimum atomic E-state index is -0.463. The summed E-state index contributed by atoms with van der Waals surface area (Å²) in [4.78, 5) is 18.3. The fraction of sp³-hybridized carbons (Fsp3) is 0.647. The maximum Gasteiger partial charge on any atom is 0.410 e. The molecule has 0 aromatic carbocycles. The zero-order valence-electron chi connectivity index (χ0n) is 14.0. The highest BCUT2D eigenvalue weighted by Gasteiger charge is 2.45. The van der Waals surface area contributed by atoms with Crippen LogP contribution >= 0.6 is 0 Å². The van der Waals surface area contributed by atoms with Crippen LogP contribution in [0.3, 0.4) is 0 Å². The van der Waals surface area contributed by atoms with Crippen LogP contribution in [0.1, 0.15) is 46.5 Å². The highest BCUT2D eigenvalue weighted by Crippen LogP contribution is 2.38. The molecular weight excluding hydrogens is 294 g/mol. The van der Waals surface area contributed by atoms with Gasteiger partial charge in [-0.3, -0.25) is 4.98 Å². The molecule has 2 bridgehead atoms. The Kier molecular flexibility index (Phi) is 4.08. The Hall–Kier alpha value is -1.98. The van der Waals surface area contributed by atoms with Crippen LogP contribution < -0.4 is 10.5 Å². The minimum Gasteiger partial charge on any atom is -0.488 e. The number of carbonyl (C=O) groups is 1. The number of nitrogens with two attached hydrogens (primary N) is 1. The van der Waals surface area contributed by atoms with Crippen molar-refractivity contribution in [3.63, 3.8) is 0 Å². The molecule has 1 amide bonds. The van der Waals surface area contributed by atoms with Gasteiger partial charge in [-0.2, -0.15) is 0 Å². The Bertz CT molecular complexity index is 571. The first kappa shape index (κ1) is 15.9. The number of amides is 1. The third kappa shape index (κ3) is 3.51. The molecule has 3 rings (SSSR count). The van der Waals surface area contributed by atoms with Crippen molar-refractivity contribution in [3.05, 3.63) is 18.5 Å². The Balaban J connectivity index is 1.65. The molecule has 0 saturated carbocycles. The molecule has 2 N–H and O–H groups in total. The topological polar surface area (TPSA) is 77.7 Å². The van der Waals surface area contributed by atoms with Crippen LogP contribution in [-0.4, -0.2) is 39.8 Å². The molecule has 126 valence electrons. The third-order valence-corrected chi connectivity index (χ3v) is 4.40. The lowest BCUT2D eigenvalue weighted by Crippen LogP contribution is -2.50. The van der Waals surface area contributed by atoms with Gasteiger partial charge in [-0.1, -0.05) is 0 Å². The smallest absolute Gasteiger partial charge is 0.410 e. The van der Waals surface area contributed by atoms with E-state index in [2.05, 4.69) is 4.98 Å². The largest absolute Gasteiger partial charge is 0.488 e. The number of piperidine rings is 1. The van der Waals surface area contributed by atoms with Gasteiger partial charge in [-0.25, -0.2) is 4.79 Å². The van der Waals surface area contributed by atoms with Crippen molar-refractivity contribution in [1.29, 1.82) is 0 Å². The minimum absolute atomic E-state index is 0.0795. The number of hydrogen-bond donors (Lipinski definition) is 1. The van der Waals surface area contributed by atoms with Gasteiger partial charge in [0.2, 0.25) is 0 Å². The van der Waals surface area contributed by atoms with E-state index in [-0.39, 0.29) is 24.3 Å². The van der Waals surface area contributed by atoms with E-state index in [1.165, 1.54) is 0 Å². The van der Waals surface area contributed by atoms with Crippen molar-refractivity contribution in [1.82, 2.24) is 9.88 Å². The summed E-state index contributed by atoms with van der Waals surface area (Å²) in [7, 11) is 0. The molecule has 6 heteroatoms. The number of hydrogen-bond acceptors (Lipinski definition) is 5. The fourth-order valence-corrected chi connectivity index (χ4v) is 3.52. The molecule has 1 aromatic heterocycles. The highest BCUT2D eigenvalue weighted by molar-refractivity contribution is 5.69. The van der Waals surface area contributed by atoms with Crippen LogP contribution in [-0.2, 0) is 4.74 Å². The van der Waals surface area contributed by atoms with E-state index in [9.17, 15) is 4.79 Å². The molecule has 2 saturated heterocycles. The van der Waals surface area contributed by atoms with E-state index < -0.39 is 5.60 Å². The van der Waals surface area contributed by atoms with Crippen LogP contribution in [0.5, 0.6) is 5.75 Å². The second kappa shape index (κ2) is 5.91. The van der Waals surface area contributed by atoms with Gasteiger partial charge in [0.05, 0.1) is 11.9 Å². The molecule has 23 heavy (non-hydrogen) atoms. The lowest BCUT2D eigenvalue weighted by Gasteiger charge is -2.39. The Morgan fingerprint density at radius 3 is 2.52 bits per heavy atom. The zero-order valence-corrected chi connectivity index (χ0v) is 14.0. The third-order valence-electron chi connectivity index (χ3n) is 4.40. The average Bonchev–Trinajstić information content (AvgIpc) is 2.72. The SMILES string of the molecule is CC(C)(C)OC(=O)N1C2CCC1CC(Oc1ccncc1N)C2. The zero-order chi connectivity index (χ0) is 16.6. The van der Waals surface area contributed by atoms with Crippen molar-refractivity contribution < 1.29 is 14.3 Å². The first-order valence-electron chi connectivity index (χ1n) is 8.21. The monoisotopic (exact) mass is 319 g/mol. The van der Waals surface area contributed by atoms with Gasteiger partial charge >= 0.3 is 6.09 Å². The van der Waals surface area contributed by atoms with Crippen molar-refractivity contribution >= 4 is 11.8 Å². The Morgan fingerprint density at radius 2 is 1.96 bits per heavy atom. The van der Waals surface area contributed by atoms with Crippen LogP contribution in [0.2, 0.25) is 0 Å². The molecule has 1 aromatic rings. The molecule has 2 unspecified atom stereocenters. The number of nitrogen functional groups attached to an aromatic ring is 1.